The fourth-order valence-corrected chi connectivity index (χ4v) is 4.39. The van der Waals surface area contributed by atoms with Gasteiger partial charge in [0.15, 0.2) is 6.61 Å². The molecule has 2 atom stereocenters. The number of hydrogen-bond donors (Lipinski definition) is 0. The molecule has 24 heavy (non-hydrogen) atoms. The molecule has 2 fully saturated rings. The van der Waals surface area contributed by atoms with E-state index in [1.54, 1.807) is 6.20 Å². The molecule has 4 aliphatic rings. The largest absolute Gasteiger partial charge is 0.467 e. The Morgan fingerprint density at radius 2 is 2.04 bits per heavy atom. The Labute approximate surface area is 143 Å². The SMILES string of the molecule is CC1CCN2C(=O)COc3ncccc3C3CCC(CC3)OCC12. The second-order valence-corrected chi connectivity index (χ2v) is 7.41. The van der Waals surface area contributed by atoms with E-state index in [4.69, 9.17) is 9.47 Å². The third-order valence-corrected chi connectivity index (χ3v) is 5.95. The van der Waals surface area contributed by atoms with Crippen molar-refractivity contribution in [1.29, 1.82) is 0 Å². The molecule has 1 aromatic heterocycles. The molecule has 1 aliphatic carbocycles. The minimum atomic E-state index is 0.0520. The van der Waals surface area contributed by atoms with Crippen LogP contribution in [0.25, 0.3) is 0 Å². The van der Waals surface area contributed by atoms with Crippen molar-refractivity contribution in [3.63, 3.8) is 0 Å². The van der Waals surface area contributed by atoms with Crippen molar-refractivity contribution in [2.24, 2.45) is 5.92 Å². The molecule has 0 aromatic carbocycles. The van der Waals surface area contributed by atoms with Gasteiger partial charge in [0.2, 0.25) is 5.88 Å². The average Bonchev–Trinajstić information content (AvgIpc) is 2.99. The number of aromatic nitrogens is 1. The van der Waals surface area contributed by atoms with Gasteiger partial charge in [-0.25, -0.2) is 4.98 Å². The molecular weight excluding hydrogens is 304 g/mol. The van der Waals surface area contributed by atoms with Crippen molar-refractivity contribution in [2.75, 3.05) is 19.8 Å². The van der Waals surface area contributed by atoms with Gasteiger partial charge in [0.05, 0.1) is 18.8 Å². The number of hydrogen-bond acceptors (Lipinski definition) is 4. The van der Waals surface area contributed by atoms with E-state index in [9.17, 15) is 4.79 Å². The zero-order valence-corrected chi connectivity index (χ0v) is 14.3. The van der Waals surface area contributed by atoms with E-state index >= 15 is 0 Å². The molecule has 2 bridgehead atoms. The highest BCUT2D eigenvalue weighted by Gasteiger charge is 2.36. The zero-order valence-electron chi connectivity index (χ0n) is 14.3. The summed E-state index contributed by atoms with van der Waals surface area (Å²) in [7, 11) is 0. The summed E-state index contributed by atoms with van der Waals surface area (Å²) in [5, 5.41) is 0. The molecule has 5 nitrogen and oxygen atoms in total. The summed E-state index contributed by atoms with van der Waals surface area (Å²) in [6, 6.07) is 4.24. The normalized spacial score (nSPS) is 33.7. The number of ether oxygens (including phenoxy) is 2. The van der Waals surface area contributed by atoms with Gasteiger partial charge in [-0.1, -0.05) is 13.0 Å². The third-order valence-electron chi connectivity index (χ3n) is 5.95. The maximum atomic E-state index is 12.6. The number of rotatable bonds is 0. The fourth-order valence-electron chi connectivity index (χ4n) is 4.39. The monoisotopic (exact) mass is 330 g/mol. The Morgan fingerprint density at radius 3 is 2.88 bits per heavy atom. The van der Waals surface area contributed by atoms with Gasteiger partial charge in [-0.05, 0) is 50.0 Å². The fraction of sp³-hybridized carbons (Fsp3) is 0.684. The van der Waals surface area contributed by atoms with E-state index in [1.807, 2.05) is 11.0 Å². The summed E-state index contributed by atoms with van der Waals surface area (Å²) in [5.74, 6) is 1.64. The van der Waals surface area contributed by atoms with Gasteiger partial charge in [-0.3, -0.25) is 4.79 Å². The van der Waals surface area contributed by atoms with Crippen molar-refractivity contribution in [3.8, 4) is 5.88 Å². The van der Waals surface area contributed by atoms with Crippen LogP contribution in [0, 0.1) is 5.92 Å². The molecule has 1 amide bonds. The first-order valence-electron chi connectivity index (χ1n) is 9.21. The topological polar surface area (TPSA) is 51.7 Å². The van der Waals surface area contributed by atoms with Crippen molar-refractivity contribution in [3.05, 3.63) is 23.9 Å². The van der Waals surface area contributed by atoms with E-state index in [0.717, 1.165) is 44.2 Å². The lowest BCUT2D eigenvalue weighted by atomic mass is 9.83. The van der Waals surface area contributed by atoms with Gasteiger partial charge in [0.1, 0.15) is 0 Å². The Morgan fingerprint density at radius 1 is 1.21 bits per heavy atom. The second kappa shape index (κ2) is 6.71. The standard InChI is InChI=1S/C19H26N2O3/c1-13-8-10-21-17(13)11-23-15-6-4-14(5-7-15)16-3-2-9-20-19(16)24-12-18(21)22/h2-3,9,13-15,17H,4-8,10-12H2,1H3. The number of pyridine rings is 1. The first kappa shape index (κ1) is 15.9. The second-order valence-electron chi connectivity index (χ2n) is 7.41. The molecular formula is C19H26N2O3. The quantitative estimate of drug-likeness (QED) is 0.734. The molecule has 1 saturated heterocycles. The van der Waals surface area contributed by atoms with Gasteiger partial charge in [0.25, 0.3) is 5.91 Å². The van der Waals surface area contributed by atoms with Crippen molar-refractivity contribution in [1.82, 2.24) is 9.88 Å². The summed E-state index contributed by atoms with van der Waals surface area (Å²) >= 11 is 0. The van der Waals surface area contributed by atoms with Crippen LogP contribution in [-0.4, -0.2) is 47.7 Å². The van der Waals surface area contributed by atoms with Crippen molar-refractivity contribution < 1.29 is 14.3 Å². The minimum Gasteiger partial charge on any atom is -0.467 e. The average molecular weight is 330 g/mol. The lowest BCUT2D eigenvalue weighted by molar-refractivity contribution is -0.136. The van der Waals surface area contributed by atoms with E-state index < -0.39 is 0 Å². The Kier molecular flexibility index (Phi) is 4.44. The first-order valence-corrected chi connectivity index (χ1v) is 9.21. The Balaban J connectivity index is 1.61. The molecule has 130 valence electrons. The smallest absolute Gasteiger partial charge is 0.260 e. The van der Waals surface area contributed by atoms with E-state index in [-0.39, 0.29) is 18.6 Å². The zero-order chi connectivity index (χ0) is 16.5. The molecule has 1 saturated carbocycles. The van der Waals surface area contributed by atoms with Crippen LogP contribution in [0.2, 0.25) is 0 Å². The van der Waals surface area contributed by atoms with Gasteiger partial charge >= 0.3 is 0 Å². The van der Waals surface area contributed by atoms with Gasteiger partial charge in [-0.15, -0.1) is 0 Å². The van der Waals surface area contributed by atoms with E-state index in [0.29, 0.717) is 30.4 Å². The van der Waals surface area contributed by atoms with E-state index in [1.165, 1.54) is 0 Å². The molecule has 3 aliphatic heterocycles. The van der Waals surface area contributed by atoms with Gasteiger partial charge in [0, 0.05) is 18.3 Å². The number of carbonyl (C=O) groups excluding carboxylic acids is 1. The number of carbonyl (C=O) groups is 1. The summed E-state index contributed by atoms with van der Waals surface area (Å²) in [6.45, 7) is 3.75. The molecule has 2 unspecified atom stereocenters. The lowest BCUT2D eigenvalue weighted by Crippen LogP contribution is -2.43. The van der Waals surface area contributed by atoms with Crippen molar-refractivity contribution >= 4 is 5.91 Å². The van der Waals surface area contributed by atoms with Gasteiger partial charge in [-0.2, -0.15) is 0 Å². The Hall–Kier alpha value is -1.62. The first-order chi connectivity index (χ1) is 11.7. The molecule has 0 radical (unpaired) electrons. The molecule has 0 N–H and O–H groups in total. The lowest BCUT2D eigenvalue weighted by Gasteiger charge is -2.31. The van der Waals surface area contributed by atoms with Crippen LogP contribution in [0.4, 0.5) is 0 Å². The minimum absolute atomic E-state index is 0.0520. The Bertz CT molecular complexity index is 598. The number of nitrogens with zero attached hydrogens (tertiary/aromatic N) is 2. The van der Waals surface area contributed by atoms with Gasteiger partial charge < -0.3 is 14.4 Å². The maximum absolute atomic E-state index is 12.6. The summed E-state index contributed by atoms with van der Waals surface area (Å²) in [5.41, 5.74) is 1.15. The van der Waals surface area contributed by atoms with Crippen LogP contribution in [-0.2, 0) is 9.53 Å². The van der Waals surface area contributed by atoms with Crippen LogP contribution in [0.5, 0.6) is 5.88 Å². The molecule has 1 aromatic rings. The highest BCUT2D eigenvalue weighted by molar-refractivity contribution is 5.78. The molecule has 5 rings (SSSR count). The van der Waals surface area contributed by atoms with Crippen LogP contribution in [0.1, 0.15) is 50.5 Å². The van der Waals surface area contributed by atoms with Crippen LogP contribution in [0.15, 0.2) is 18.3 Å². The maximum Gasteiger partial charge on any atom is 0.260 e. The molecule has 4 heterocycles. The van der Waals surface area contributed by atoms with Crippen LogP contribution < -0.4 is 4.74 Å². The van der Waals surface area contributed by atoms with Crippen LogP contribution >= 0.6 is 0 Å². The third kappa shape index (κ3) is 3.02. The highest BCUT2D eigenvalue weighted by atomic mass is 16.5. The van der Waals surface area contributed by atoms with E-state index in [2.05, 4.69) is 18.0 Å². The van der Waals surface area contributed by atoms with Crippen LogP contribution in [0.3, 0.4) is 0 Å². The predicted molar refractivity (Wildman–Crippen MR) is 90.0 cm³/mol. The molecule has 5 heteroatoms. The number of fused-ring (bicyclic) bond motifs is 5. The summed E-state index contributed by atoms with van der Waals surface area (Å²) < 4.78 is 12.1. The summed E-state index contributed by atoms with van der Waals surface area (Å²) in [6.07, 6.45) is 7.47. The van der Waals surface area contributed by atoms with Crippen molar-refractivity contribution in [2.45, 2.75) is 57.1 Å². The number of amides is 1. The molecule has 0 spiro atoms. The highest BCUT2D eigenvalue weighted by Crippen LogP contribution is 2.38. The summed E-state index contributed by atoms with van der Waals surface area (Å²) in [4.78, 5) is 19.0. The predicted octanol–water partition coefficient (Wildman–Crippen LogP) is 2.75.